The van der Waals surface area contributed by atoms with Crippen LogP contribution in [0.25, 0.3) is 0 Å². The number of anilines is 1. The first-order valence-corrected chi connectivity index (χ1v) is 7.40. The number of hydrogen-bond acceptors (Lipinski definition) is 2. The SMILES string of the molecule is Cc1cc(Br)c(NCCCC(=O)N(C)C)c(Br)c1. The van der Waals surface area contributed by atoms with Crippen LogP contribution < -0.4 is 5.32 Å². The van der Waals surface area contributed by atoms with Gasteiger partial charge in [0, 0.05) is 36.0 Å². The van der Waals surface area contributed by atoms with E-state index in [2.05, 4.69) is 56.2 Å². The lowest BCUT2D eigenvalue weighted by atomic mass is 10.2. The number of nitrogens with zero attached hydrogens (tertiary/aromatic N) is 1. The van der Waals surface area contributed by atoms with Crippen LogP contribution in [0.3, 0.4) is 0 Å². The third-order valence-electron chi connectivity index (χ3n) is 2.55. The molecule has 1 aromatic carbocycles. The number of halogens is 2. The minimum Gasteiger partial charge on any atom is -0.383 e. The molecule has 1 N–H and O–H groups in total. The Labute approximate surface area is 125 Å². The van der Waals surface area contributed by atoms with E-state index >= 15 is 0 Å². The van der Waals surface area contributed by atoms with Crippen LogP contribution >= 0.6 is 31.9 Å². The van der Waals surface area contributed by atoms with E-state index in [1.54, 1.807) is 19.0 Å². The van der Waals surface area contributed by atoms with Gasteiger partial charge in [-0.2, -0.15) is 0 Å². The normalized spacial score (nSPS) is 10.3. The second-order valence-corrected chi connectivity index (χ2v) is 6.13. The molecule has 0 bridgehead atoms. The van der Waals surface area contributed by atoms with Crippen molar-refractivity contribution in [3.63, 3.8) is 0 Å². The highest BCUT2D eigenvalue weighted by Gasteiger charge is 2.07. The highest BCUT2D eigenvalue weighted by atomic mass is 79.9. The van der Waals surface area contributed by atoms with Crippen LogP contribution in [-0.2, 0) is 4.79 Å². The Morgan fingerprint density at radius 2 is 1.83 bits per heavy atom. The van der Waals surface area contributed by atoms with E-state index < -0.39 is 0 Å². The summed E-state index contributed by atoms with van der Waals surface area (Å²) in [4.78, 5) is 13.0. The highest BCUT2D eigenvalue weighted by molar-refractivity contribution is 9.11. The Morgan fingerprint density at radius 3 is 2.33 bits per heavy atom. The molecule has 0 saturated carbocycles. The Hall–Kier alpha value is -0.550. The molecule has 18 heavy (non-hydrogen) atoms. The van der Waals surface area contributed by atoms with Crippen LogP contribution in [0.5, 0.6) is 0 Å². The average molecular weight is 378 g/mol. The van der Waals surface area contributed by atoms with Gasteiger partial charge in [0.25, 0.3) is 0 Å². The second-order valence-electron chi connectivity index (χ2n) is 4.42. The summed E-state index contributed by atoms with van der Waals surface area (Å²) < 4.78 is 2.07. The summed E-state index contributed by atoms with van der Waals surface area (Å²) in [5.41, 5.74) is 2.24. The molecule has 0 atom stereocenters. The number of carbonyl (C=O) groups is 1. The summed E-state index contributed by atoms with van der Waals surface area (Å²) >= 11 is 7.07. The number of carbonyl (C=O) groups excluding carboxylic acids is 1. The molecule has 0 aromatic heterocycles. The molecule has 0 aliphatic carbocycles. The minimum absolute atomic E-state index is 0.166. The number of aryl methyl sites for hydroxylation is 1. The second kappa shape index (κ2) is 7.14. The molecular weight excluding hydrogens is 360 g/mol. The van der Waals surface area contributed by atoms with Crippen molar-refractivity contribution < 1.29 is 4.79 Å². The van der Waals surface area contributed by atoms with E-state index in [1.807, 2.05) is 0 Å². The molecular formula is C13H18Br2N2O. The average Bonchev–Trinajstić information content (AvgIpc) is 2.26. The molecule has 0 fully saturated rings. The molecule has 1 amide bonds. The standard InChI is InChI=1S/C13H18Br2N2O/c1-9-7-10(14)13(11(15)8-9)16-6-4-5-12(18)17(2)3/h7-8,16H,4-6H2,1-3H3. The van der Waals surface area contributed by atoms with Gasteiger partial charge in [-0.25, -0.2) is 0 Å². The van der Waals surface area contributed by atoms with Crippen LogP contribution in [0.2, 0.25) is 0 Å². The van der Waals surface area contributed by atoms with Crippen molar-refractivity contribution in [2.45, 2.75) is 19.8 Å². The van der Waals surface area contributed by atoms with Crippen LogP contribution in [0.1, 0.15) is 18.4 Å². The molecule has 3 nitrogen and oxygen atoms in total. The fraction of sp³-hybridized carbons (Fsp3) is 0.462. The maximum atomic E-state index is 11.4. The monoisotopic (exact) mass is 376 g/mol. The van der Waals surface area contributed by atoms with E-state index in [-0.39, 0.29) is 5.91 Å². The number of nitrogens with one attached hydrogen (secondary N) is 1. The molecule has 0 unspecified atom stereocenters. The molecule has 1 aromatic rings. The van der Waals surface area contributed by atoms with Crippen LogP contribution in [-0.4, -0.2) is 31.4 Å². The van der Waals surface area contributed by atoms with E-state index in [9.17, 15) is 4.79 Å². The Balaban J connectivity index is 2.47. The lowest BCUT2D eigenvalue weighted by molar-refractivity contribution is -0.128. The number of benzene rings is 1. The molecule has 0 aliphatic heterocycles. The zero-order valence-corrected chi connectivity index (χ0v) is 14.1. The van der Waals surface area contributed by atoms with Gasteiger partial charge in [0.2, 0.25) is 5.91 Å². The first kappa shape index (κ1) is 15.5. The molecule has 0 aliphatic rings. The van der Waals surface area contributed by atoms with Gasteiger partial charge >= 0.3 is 0 Å². The van der Waals surface area contributed by atoms with Crippen LogP contribution in [0.15, 0.2) is 21.1 Å². The van der Waals surface area contributed by atoms with Crippen molar-refractivity contribution >= 4 is 43.5 Å². The van der Waals surface area contributed by atoms with Crippen molar-refractivity contribution in [2.75, 3.05) is 26.0 Å². The quantitative estimate of drug-likeness (QED) is 0.791. The summed E-state index contributed by atoms with van der Waals surface area (Å²) in [5.74, 6) is 0.166. The van der Waals surface area contributed by atoms with E-state index in [4.69, 9.17) is 0 Å². The summed E-state index contributed by atoms with van der Waals surface area (Å²) in [6.45, 7) is 2.83. The number of amides is 1. The predicted octanol–water partition coefficient (Wildman–Crippen LogP) is 3.80. The summed E-state index contributed by atoms with van der Waals surface area (Å²) in [7, 11) is 3.56. The van der Waals surface area contributed by atoms with Gasteiger partial charge in [0.05, 0.1) is 5.69 Å². The van der Waals surface area contributed by atoms with Gasteiger partial charge < -0.3 is 10.2 Å². The molecule has 5 heteroatoms. The predicted molar refractivity (Wildman–Crippen MR) is 83.0 cm³/mol. The number of hydrogen-bond donors (Lipinski definition) is 1. The van der Waals surface area contributed by atoms with E-state index in [0.717, 1.165) is 27.6 Å². The molecule has 0 heterocycles. The molecule has 100 valence electrons. The zero-order valence-electron chi connectivity index (χ0n) is 10.9. The molecule has 0 spiro atoms. The number of rotatable bonds is 5. The third-order valence-corrected chi connectivity index (χ3v) is 3.81. The molecule has 0 radical (unpaired) electrons. The third kappa shape index (κ3) is 4.61. The van der Waals surface area contributed by atoms with Gasteiger partial charge in [0.1, 0.15) is 0 Å². The van der Waals surface area contributed by atoms with Crippen LogP contribution in [0, 0.1) is 6.92 Å². The van der Waals surface area contributed by atoms with E-state index in [0.29, 0.717) is 6.42 Å². The lowest BCUT2D eigenvalue weighted by Crippen LogP contribution is -2.22. The fourth-order valence-electron chi connectivity index (χ4n) is 1.55. The molecule has 0 saturated heterocycles. The van der Waals surface area contributed by atoms with Gasteiger partial charge in [-0.3, -0.25) is 4.79 Å². The van der Waals surface area contributed by atoms with Crippen molar-refractivity contribution in [2.24, 2.45) is 0 Å². The Morgan fingerprint density at radius 1 is 1.28 bits per heavy atom. The topological polar surface area (TPSA) is 32.3 Å². The van der Waals surface area contributed by atoms with E-state index in [1.165, 1.54) is 5.56 Å². The van der Waals surface area contributed by atoms with Crippen molar-refractivity contribution in [1.29, 1.82) is 0 Å². The maximum absolute atomic E-state index is 11.4. The summed E-state index contributed by atoms with van der Waals surface area (Å²) in [6.07, 6.45) is 1.39. The summed E-state index contributed by atoms with van der Waals surface area (Å²) in [5, 5.41) is 3.34. The largest absolute Gasteiger partial charge is 0.383 e. The highest BCUT2D eigenvalue weighted by Crippen LogP contribution is 2.32. The Bertz CT molecular complexity index is 410. The lowest BCUT2D eigenvalue weighted by Gasteiger charge is -2.13. The van der Waals surface area contributed by atoms with Crippen molar-refractivity contribution in [1.82, 2.24) is 4.90 Å². The Kier molecular flexibility index (Phi) is 6.15. The van der Waals surface area contributed by atoms with Crippen LogP contribution in [0.4, 0.5) is 5.69 Å². The minimum atomic E-state index is 0.166. The van der Waals surface area contributed by atoms with Gasteiger partial charge in [0.15, 0.2) is 0 Å². The molecule has 1 rings (SSSR count). The van der Waals surface area contributed by atoms with Crippen molar-refractivity contribution in [3.8, 4) is 0 Å². The van der Waals surface area contributed by atoms with Crippen molar-refractivity contribution in [3.05, 3.63) is 26.6 Å². The van der Waals surface area contributed by atoms with Gasteiger partial charge in [-0.05, 0) is 62.9 Å². The fourth-order valence-corrected chi connectivity index (χ4v) is 3.24. The summed E-state index contributed by atoms with van der Waals surface area (Å²) in [6, 6.07) is 4.14. The first-order valence-electron chi connectivity index (χ1n) is 5.81. The maximum Gasteiger partial charge on any atom is 0.222 e. The zero-order chi connectivity index (χ0) is 13.7. The smallest absolute Gasteiger partial charge is 0.222 e. The first-order chi connectivity index (χ1) is 8.41. The van der Waals surface area contributed by atoms with Gasteiger partial charge in [-0.1, -0.05) is 0 Å². The van der Waals surface area contributed by atoms with Gasteiger partial charge in [-0.15, -0.1) is 0 Å².